The number of aromatic nitrogens is 4. The van der Waals surface area contributed by atoms with Crippen LogP contribution < -0.4 is 9.64 Å². The normalized spacial score (nSPS) is 16.1. The Morgan fingerprint density at radius 1 is 0.758 bits per heavy atom. The summed E-state index contributed by atoms with van der Waals surface area (Å²) in [6.07, 6.45) is 10.5. The Bertz CT molecular complexity index is 2550. The molecule has 3 aromatic heterocycles. The van der Waals surface area contributed by atoms with Crippen LogP contribution in [0.4, 0.5) is 5.69 Å². The fourth-order valence-corrected chi connectivity index (χ4v) is 10.4. The predicted octanol–water partition coefficient (Wildman–Crippen LogP) is 10.2. The molecular weight excluding hydrogens is 841 g/mol. The van der Waals surface area contributed by atoms with Gasteiger partial charge in [0.25, 0.3) is 0 Å². The molecule has 11 nitrogen and oxygen atoms in total. The first-order valence-corrected chi connectivity index (χ1v) is 24.3. The summed E-state index contributed by atoms with van der Waals surface area (Å²) < 4.78 is 12.8. The summed E-state index contributed by atoms with van der Waals surface area (Å²) in [4.78, 5) is 18.0. The van der Waals surface area contributed by atoms with E-state index in [1.807, 2.05) is 97.1 Å². The van der Waals surface area contributed by atoms with E-state index in [1.165, 1.54) is 75.5 Å². The van der Waals surface area contributed by atoms with Gasteiger partial charge in [-0.25, -0.2) is 4.98 Å². The third-order valence-corrected chi connectivity index (χ3v) is 14.1. The third-order valence-electron chi connectivity index (χ3n) is 12.9. The van der Waals surface area contributed by atoms with Crippen LogP contribution in [0.25, 0.3) is 5.00 Å². The summed E-state index contributed by atoms with van der Waals surface area (Å²) in [5.74, 6) is 3.92. The van der Waals surface area contributed by atoms with E-state index in [2.05, 4.69) is 72.6 Å². The maximum atomic E-state index is 9.19. The molecule has 1 aliphatic carbocycles. The molecule has 2 fully saturated rings. The Morgan fingerprint density at radius 3 is 2.09 bits per heavy atom. The van der Waals surface area contributed by atoms with E-state index >= 15 is 0 Å². The first-order valence-electron chi connectivity index (χ1n) is 23.5. The van der Waals surface area contributed by atoms with Gasteiger partial charge in [-0.3, -0.25) is 19.4 Å². The van der Waals surface area contributed by atoms with Crippen LogP contribution in [0, 0.1) is 27.7 Å². The molecule has 3 aliphatic heterocycles. The van der Waals surface area contributed by atoms with Gasteiger partial charge in [0.05, 0.1) is 11.9 Å². The molecule has 4 aliphatic rings. The average Bonchev–Trinajstić information content (AvgIpc) is 4.05. The van der Waals surface area contributed by atoms with Crippen molar-refractivity contribution in [3.8, 4) is 16.5 Å². The number of rotatable bonds is 7. The highest BCUT2D eigenvalue weighted by Crippen LogP contribution is 2.37. The lowest BCUT2D eigenvalue weighted by Gasteiger charge is -2.43. The SMILES string of the molecule is Cc1ncco1.Cc1sc2c(c1C)C(c1ccc(N3CCC(N4CCN(CCOc5ccccc5)CC4)CC3)cc1)=NCc1nnc(C)n1-2.Oc1ccc2c(c1)CCCC2.c1ccccc1. The Labute approximate surface area is 394 Å². The van der Waals surface area contributed by atoms with Crippen LogP contribution >= 0.6 is 11.3 Å². The van der Waals surface area contributed by atoms with Crippen molar-refractivity contribution in [2.75, 3.05) is 57.3 Å². The van der Waals surface area contributed by atoms with Gasteiger partial charge in [-0.05, 0) is 112 Å². The highest BCUT2D eigenvalue weighted by atomic mass is 32.1. The second kappa shape index (κ2) is 22.9. The number of ether oxygens (including phenoxy) is 1. The monoisotopic (exact) mass is 904 g/mol. The zero-order chi connectivity index (χ0) is 45.7. The number of phenols is 1. The summed E-state index contributed by atoms with van der Waals surface area (Å²) in [6.45, 7) is 17.3. The molecule has 0 amide bonds. The number of anilines is 1. The molecule has 0 saturated carbocycles. The summed E-state index contributed by atoms with van der Waals surface area (Å²) in [5.41, 5.74) is 8.84. The maximum Gasteiger partial charge on any atom is 0.190 e. The number of para-hydroxylation sites is 1. The lowest BCUT2D eigenvalue weighted by atomic mass is 9.92. The summed E-state index contributed by atoms with van der Waals surface area (Å²) >= 11 is 1.81. The molecule has 66 heavy (non-hydrogen) atoms. The average molecular weight is 905 g/mol. The second-order valence-electron chi connectivity index (χ2n) is 17.3. The number of aromatic hydroxyl groups is 1. The number of aryl methyl sites for hydroxylation is 5. The van der Waals surface area contributed by atoms with Crippen LogP contribution in [0.2, 0.25) is 0 Å². The number of hydrogen-bond donors (Lipinski definition) is 1. The third kappa shape index (κ3) is 12.0. The number of benzene rings is 4. The van der Waals surface area contributed by atoms with Gasteiger partial charge in [-0.2, -0.15) is 0 Å². The largest absolute Gasteiger partial charge is 0.508 e. The highest BCUT2D eigenvalue weighted by molar-refractivity contribution is 7.15. The minimum Gasteiger partial charge on any atom is -0.508 e. The smallest absolute Gasteiger partial charge is 0.190 e. The molecule has 7 aromatic rings. The topological polar surface area (TPSA) is 108 Å². The van der Waals surface area contributed by atoms with Crippen molar-refractivity contribution < 1.29 is 14.3 Å². The van der Waals surface area contributed by atoms with Crippen molar-refractivity contribution in [1.82, 2.24) is 29.5 Å². The Hall–Kier alpha value is -6.08. The molecule has 2 saturated heterocycles. The number of oxazole rings is 1. The van der Waals surface area contributed by atoms with E-state index in [9.17, 15) is 5.11 Å². The van der Waals surface area contributed by atoms with Crippen LogP contribution in [-0.4, -0.2) is 98.8 Å². The van der Waals surface area contributed by atoms with Crippen molar-refractivity contribution in [3.63, 3.8) is 0 Å². The lowest BCUT2D eigenvalue weighted by molar-refractivity contribution is 0.0770. The van der Waals surface area contributed by atoms with E-state index in [1.54, 1.807) is 25.5 Å². The van der Waals surface area contributed by atoms with Gasteiger partial charge >= 0.3 is 0 Å². The van der Waals surface area contributed by atoms with Crippen molar-refractivity contribution in [2.24, 2.45) is 4.99 Å². The maximum absolute atomic E-state index is 9.19. The summed E-state index contributed by atoms with van der Waals surface area (Å²) in [5, 5.41) is 19.1. The van der Waals surface area contributed by atoms with E-state index < -0.39 is 0 Å². The fourth-order valence-electron chi connectivity index (χ4n) is 9.16. The minimum absolute atomic E-state index is 0.408. The van der Waals surface area contributed by atoms with Crippen molar-refractivity contribution in [1.29, 1.82) is 0 Å². The van der Waals surface area contributed by atoms with Gasteiger partial charge in [0.15, 0.2) is 11.7 Å². The van der Waals surface area contributed by atoms with E-state index in [0.29, 0.717) is 18.3 Å². The Morgan fingerprint density at radius 2 is 1.44 bits per heavy atom. The fraction of sp³-hybridized carbons (Fsp3) is 0.370. The number of hydrogen-bond acceptors (Lipinski definition) is 11. The highest BCUT2D eigenvalue weighted by Gasteiger charge is 2.29. The molecule has 12 heteroatoms. The van der Waals surface area contributed by atoms with E-state index in [-0.39, 0.29) is 0 Å². The van der Waals surface area contributed by atoms with Gasteiger partial charge in [0.1, 0.15) is 41.7 Å². The van der Waals surface area contributed by atoms with Gasteiger partial charge in [0, 0.05) is 80.5 Å². The van der Waals surface area contributed by atoms with E-state index in [0.717, 1.165) is 87.8 Å². The molecule has 0 spiro atoms. The molecule has 344 valence electrons. The number of aliphatic imine (C=N–C) groups is 1. The van der Waals surface area contributed by atoms with Crippen LogP contribution in [0.3, 0.4) is 0 Å². The summed E-state index contributed by atoms with van der Waals surface area (Å²) in [7, 11) is 0. The molecule has 6 heterocycles. The molecule has 0 radical (unpaired) electrons. The minimum atomic E-state index is 0.408. The number of phenolic OH excluding ortho intramolecular Hbond substituents is 1. The van der Waals surface area contributed by atoms with Crippen molar-refractivity contribution >= 4 is 22.7 Å². The molecule has 0 unspecified atom stereocenters. The van der Waals surface area contributed by atoms with Gasteiger partial charge < -0.3 is 19.2 Å². The molecule has 11 rings (SSSR count). The zero-order valence-electron chi connectivity index (χ0n) is 39.0. The number of piperazine rings is 1. The van der Waals surface area contributed by atoms with Crippen LogP contribution in [0.1, 0.15) is 75.9 Å². The van der Waals surface area contributed by atoms with Crippen LogP contribution in [0.5, 0.6) is 11.5 Å². The van der Waals surface area contributed by atoms with Crippen molar-refractivity contribution in [3.05, 3.63) is 172 Å². The number of piperidine rings is 1. The van der Waals surface area contributed by atoms with Gasteiger partial charge in [-0.1, -0.05) is 72.8 Å². The van der Waals surface area contributed by atoms with Crippen LogP contribution in [0.15, 0.2) is 131 Å². The van der Waals surface area contributed by atoms with Crippen molar-refractivity contribution in [2.45, 2.75) is 78.8 Å². The lowest BCUT2D eigenvalue weighted by Crippen LogP contribution is -2.53. The number of fused-ring (bicyclic) bond motifs is 4. The Kier molecular flexibility index (Phi) is 16.1. The molecule has 0 atom stereocenters. The Balaban J connectivity index is 0.000000207. The predicted molar refractivity (Wildman–Crippen MR) is 267 cm³/mol. The molecule has 0 bridgehead atoms. The molecule has 4 aromatic carbocycles. The zero-order valence-corrected chi connectivity index (χ0v) is 39.8. The summed E-state index contributed by atoms with van der Waals surface area (Å²) in [6, 6.07) is 37.7. The quantitative estimate of drug-likeness (QED) is 0.167. The molecule has 1 N–H and O–H groups in total. The number of thiophene rings is 1. The first-order chi connectivity index (χ1) is 32.3. The van der Waals surface area contributed by atoms with Crippen LogP contribution in [-0.2, 0) is 19.4 Å². The molecular formula is C54H64N8O3S. The van der Waals surface area contributed by atoms with Gasteiger partial charge in [0.2, 0.25) is 0 Å². The standard InChI is InChI=1S/C34H41N7OS.C10H12O.C6H6.C4H5NO/c1-24-25(2)43-34-32(24)33(35-23-31-37-36-26(3)41(31)34)27-9-11-28(12-10-27)39-15-13-29(14-16-39)40-19-17-38(18-20-40)21-22-42-30-7-5-4-6-8-30;11-10-6-5-8-3-1-2-4-9(8)7-10;1-2-4-6-5-3-1;1-4-5-2-3-6-4/h4-12,29H,13-23H2,1-3H3;5-7,11H,1-4H2;1-6H;2-3H,1H3. The van der Waals surface area contributed by atoms with Gasteiger partial charge in [-0.15, -0.1) is 21.5 Å². The second-order valence-corrected chi connectivity index (χ2v) is 18.5. The number of nitrogens with zero attached hydrogens (tertiary/aromatic N) is 8. The first kappa shape index (κ1) is 46.4. The van der Waals surface area contributed by atoms with E-state index in [4.69, 9.17) is 14.1 Å².